The lowest BCUT2D eigenvalue weighted by molar-refractivity contribution is 0.315. The van der Waals surface area contributed by atoms with Gasteiger partial charge < -0.3 is 0 Å². The monoisotopic (exact) mass is 222 g/mol. The zero-order valence-corrected chi connectivity index (χ0v) is 10.0. The zero-order valence-electron chi connectivity index (χ0n) is 10.0. The lowest BCUT2D eigenvalue weighted by atomic mass is 9.90. The molecule has 16 heavy (non-hydrogen) atoms. The van der Waals surface area contributed by atoms with Gasteiger partial charge >= 0.3 is 0 Å². The van der Waals surface area contributed by atoms with Crippen molar-refractivity contribution in [3.05, 3.63) is 18.0 Å². The molecule has 4 heteroatoms. The van der Waals surface area contributed by atoms with E-state index in [-0.39, 0.29) is 6.04 Å². The maximum atomic E-state index is 5.72. The molecule has 1 fully saturated rings. The first-order valence-corrected chi connectivity index (χ1v) is 6.27. The van der Waals surface area contributed by atoms with Gasteiger partial charge in [0.25, 0.3) is 0 Å². The summed E-state index contributed by atoms with van der Waals surface area (Å²) >= 11 is 0. The fourth-order valence-electron chi connectivity index (χ4n) is 2.80. The molecule has 1 saturated carbocycles. The Hall–Kier alpha value is -0.870. The zero-order chi connectivity index (χ0) is 11.4. The third-order valence-electron chi connectivity index (χ3n) is 3.73. The molecule has 1 unspecified atom stereocenters. The van der Waals surface area contributed by atoms with Crippen LogP contribution < -0.4 is 11.3 Å². The van der Waals surface area contributed by atoms with Gasteiger partial charge in [0.1, 0.15) is 0 Å². The van der Waals surface area contributed by atoms with Crippen LogP contribution in [-0.4, -0.2) is 9.78 Å². The number of hydrogen-bond acceptors (Lipinski definition) is 3. The van der Waals surface area contributed by atoms with Crippen LogP contribution in [0.15, 0.2) is 12.3 Å². The number of hydrogen-bond donors (Lipinski definition) is 2. The van der Waals surface area contributed by atoms with Crippen LogP contribution in [-0.2, 0) is 7.05 Å². The van der Waals surface area contributed by atoms with E-state index in [4.69, 9.17) is 5.84 Å². The standard InChI is InChI=1S/C12H22N4/c1-16-11(8-9-14-16)12(15-13)10-6-4-2-3-5-7-10/h8-10,12,15H,2-7,13H2,1H3. The fraction of sp³-hybridized carbons (Fsp3) is 0.750. The maximum absolute atomic E-state index is 5.72. The first-order valence-electron chi connectivity index (χ1n) is 6.27. The molecule has 1 heterocycles. The molecule has 0 saturated heterocycles. The summed E-state index contributed by atoms with van der Waals surface area (Å²) in [5, 5.41) is 4.22. The second kappa shape index (κ2) is 5.46. The lowest BCUT2D eigenvalue weighted by Crippen LogP contribution is -2.34. The molecule has 1 aromatic rings. The minimum atomic E-state index is 0.255. The number of nitrogens with two attached hydrogens (primary N) is 1. The maximum Gasteiger partial charge on any atom is 0.0657 e. The first kappa shape index (κ1) is 11.6. The van der Waals surface area contributed by atoms with Gasteiger partial charge in [-0.15, -0.1) is 0 Å². The van der Waals surface area contributed by atoms with Gasteiger partial charge in [0.2, 0.25) is 0 Å². The highest BCUT2D eigenvalue weighted by Crippen LogP contribution is 2.32. The molecule has 1 aliphatic carbocycles. The van der Waals surface area contributed by atoms with Crippen molar-refractivity contribution in [2.45, 2.75) is 44.6 Å². The minimum absolute atomic E-state index is 0.255. The summed E-state index contributed by atoms with van der Waals surface area (Å²) in [7, 11) is 1.98. The molecular formula is C12H22N4. The minimum Gasteiger partial charge on any atom is -0.271 e. The van der Waals surface area contributed by atoms with E-state index in [0.717, 1.165) is 0 Å². The number of aromatic nitrogens is 2. The van der Waals surface area contributed by atoms with Gasteiger partial charge in [-0.05, 0) is 24.8 Å². The summed E-state index contributed by atoms with van der Waals surface area (Å²) < 4.78 is 1.93. The van der Waals surface area contributed by atoms with Crippen molar-refractivity contribution in [1.82, 2.24) is 15.2 Å². The van der Waals surface area contributed by atoms with E-state index in [0.29, 0.717) is 5.92 Å². The van der Waals surface area contributed by atoms with E-state index in [1.807, 2.05) is 17.9 Å². The Bertz CT molecular complexity index is 313. The number of aryl methyl sites for hydroxylation is 1. The molecular weight excluding hydrogens is 200 g/mol. The summed E-state index contributed by atoms with van der Waals surface area (Å²) in [6, 6.07) is 2.32. The largest absolute Gasteiger partial charge is 0.271 e. The van der Waals surface area contributed by atoms with E-state index in [1.165, 1.54) is 44.2 Å². The summed E-state index contributed by atoms with van der Waals surface area (Å²) in [5.74, 6) is 6.38. The molecule has 1 atom stereocenters. The first-order chi connectivity index (χ1) is 7.83. The Morgan fingerprint density at radius 1 is 1.38 bits per heavy atom. The summed E-state index contributed by atoms with van der Waals surface area (Å²) in [4.78, 5) is 0. The van der Waals surface area contributed by atoms with Crippen molar-refractivity contribution in [2.75, 3.05) is 0 Å². The summed E-state index contributed by atoms with van der Waals surface area (Å²) in [5.41, 5.74) is 4.19. The topological polar surface area (TPSA) is 55.9 Å². The highest BCUT2D eigenvalue weighted by Gasteiger charge is 2.25. The van der Waals surface area contributed by atoms with Crippen LogP contribution in [0.3, 0.4) is 0 Å². The van der Waals surface area contributed by atoms with Crippen molar-refractivity contribution < 1.29 is 0 Å². The van der Waals surface area contributed by atoms with Gasteiger partial charge in [-0.1, -0.05) is 25.7 Å². The van der Waals surface area contributed by atoms with Crippen LogP contribution in [0.1, 0.15) is 50.3 Å². The second-order valence-electron chi connectivity index (χ2n) is 4.78. The molecule has 0 aromatic carbocycles. The van der Waals surface area contributed by atoms with Crippen LogP contribution in [0.2, 0.25) is 0 Å². The third kappa shape index (κ3) is 2.44. The van der Waals surface area contributed by atoms with Crippen molar-refractivity contribution in [1.29, 1.82) is 0 Å². The smallest absolute Gasteiger partial charge is 0.0657 e. The van der Waals surface area contributed by atoms with Crippen LogP contribution in [0, 0.1) is 5.92 Å². The number of nitrogens with one attached hydrogen (secondary N) is 1. The third-order valence-corrected chi connectivity index (χ3v) is 3.73. The van der Waals surface area contributed by atoms with Gasteiger partial charge in [-0.3, -0.25) is 16.0 Å². The van der Waals surface area contributed by atoms with Gasteiger partial charge in [0.05, 0.1) is 11.7 Å². The van der Waals surface area contributed by atoms with Crippen LogP contribution in [0.5, 0.6) is 0 Å². The molecule has 1 aromatic heterocycles. The molecule has 4 nitrogen and oxygen atoms in total. The van der Waals surface area contributed by atoms with Crippen molar-refractivity contribution >= 4 is 0 Å². The molecule has 0 bridgehead atoms. The molecule has 0 radical (unpaired) electrons. The van der Waals surface area contributed by atoms with Crippen LogP contribution >= 0.6 is 0 Å². The van der Waals surface area contributed by atoms with Gasteiger partial charge in [-0.25, -0.2) is 0 Å². The Morgan fingerprint density at radius 2 is 2.06 bits per heavy atom. The molecule has 2 rings (SSSR count). The van der Waals surface area contributed by atoms with Gasteiger partial charge in [0, 0.05) is 13.2 Å². The van der Waals surface area contributed by atoms with Crippen LogP contribution in [0.25, 0.3) is 0 Å². The molecule has 0 spiro atoms. The predicted molar refractivity (Wildman–Crippen MR) is 64.5 cm³/mol. The highest BCUT2D eigenvalue weighted by atomic mass is 15.3. The van der Waals surface area contributed by atoms with Crippen LogP contribution in [0.4, 0.5) is 0 Å². The summed E-state index contributed by atoms with van der Waals surface area (Å²) in [6.45, 7) is 0. The summed E-state index contributed by atoms with van der Waals surface area (Å²) in [6.07, 6.45) is 9.82. The average Bonchev–Trinajstić information content (AvgIpc) is 2.57. The Morgan fingerprint density at radius 3 is 2.56 bits per heavy atom. The Balaban J connectivity index is 2.12. The highest BCUT2D eigenvalue weighted by molar-refractivity contribution is 5.08. The van der Waals surface area contributed by atoms with E-state index < -0.39 is 0 Å². The lowest BCUT2D eigenvalue weighted by Gasteiger charge is -2.25. The fourth-order valence-corrected chi connectivity index (χ4v) is 2.80. The quantitative estimate of drug-likeness (QED) is 0.466. The average molecular weight is 222 g/mol. The molecule has 90 valence electrons. The van der Waals surface area contributed by atoms with Crippen molar-refractivity contribution in [3.8, 4) is 0 Å². The Labute approximate surface area is 97.2 Å². The van der Waals surface area contributed by atoms with E-state index in [9.17, 15) is 0 Å². The number of nitrogens with zero attached hydrogens (tertiary/aromatic N) is 2. The Kier molecular flexibility index (Phi) is 3.96. The normalized spacial score (nSPS) is 20.6. The predicted octanol–water partition coefficient (Wildman–Crippen LogP) is 1.89. The SMILES string of the molecule is Cn1nccc1C(NN)C1CCCCCC1. The second-order valence-corrected chi connectivity index (χ2v) is 4.78. The van der Waals surface area contributed by atoms with Crippen molar-refractivity contribution in [3.63, 3.8) is 0 Å². The van der Waals surface area contributed by atoms with E-state index in [2.05, 4.69) is 16.6 Å². The number of hydrazine groups is 1. The van der Waals surface area contributed by atoms with E-state index >= 15 is 0 Å². The molecule has 1 aliphatic rings. The van der Waals surface area contributed by atoms with Crippen molar-refractivity contribution in [2.24, 2.45) is 18.8 Å². The van der Waals surface area contributed by atoms with E-state index in [1.54, 1.807) is 0 Å². The molecule has 0 amide bonds. The number of rotatable bonds is 3. The molecule has 0 aliphatic heterocycles. The molecule has 3 N–H and O–H groups in total. The van der Waals surface area contributed by atoms with Gasteiger partial charge in [-0.2, -0.15) is 5.10 Å². The van der Waals surface area contributed by atoms with Gasteiger partial charge in [0.15, 0.2) is 0 Å².